The molecule has 2 aromatic carbocycles. The number of para-hydroxylation sites is 1. The Hall–Kier alpha value is -2.27. The fourth-order valence-electron chi connectivity index (χ4n) is 2.03. The van der Waals surface area contributed by atoms with E-state index in [4.69, 9.17) is 0 Å². The van der Waals surface area contributed by atoms with E-state index < -0.39 is 0 Å². The van der Waals surface area contributed by atoms with E-state index in [-0.39, 0.29) is 6.03 Å². The third-order valence-corrected chi connectivity index (χ3v) is 3.41. The van der Waals surface area contributed by atoms with Gasteiger partial charge < -0.3 is 15.6 Å². The molecule has 0 aliphatic carbocycles. The summed E-state index contributed by atoms with van der Waals surface area (Å²) in [5.41, 5.74) is 2.48. The maximum atomic E-state index is 12.0. The van der Waals surface area contributed by atoms with E-state index in [1.54, 1.807) is 6.20 Å². The van der Waals surface area contributed by atoms with Crippen molar-refractivity contribution in [3.05, 3.63) is 59.2 Å². The third kappa shape index (κ3) is 2.67. The molecular formula is C15H12BrN3O. The van der Waals surface area contributed by atoms with Crippen molar-refractivity contribution in [2.45, 2.75) is 0 Å². The van der Waals surface area contributed by atoms with Gasteiger partial charge in [0.15, 0.2) is 0 Å². The normalized spacial score (nSPS) is 10.4. The van der Waals surface area contributed by atoms with Crippen LogP contribution < -0.4 is 10.6 Å². The number of benzene rings is 2. The molecule has 0 atom stereocenters. The molecule has 100 valence electrons. The Labute approximate surface area is 124 Å². The van der Waals surface area contributed by atoms with Gasteiger partial charge in [-0.05, 0) is 24.3 Å². The number of nitrogens with one attached hydrogen (secondary N) is 3. The van der Waals surface area contributed by atoms with Crippen molar-refractivity contribution in [1.29, 1.82) is 0 Å². The molecule has 3 N–H and O–H groups in total. The van der Waals surface area contributed by atoms with Gasteiger partial charge in [0.2, 0.25) is 0 Å². The number of rotatable bonds is 2. The van der Waals surface area contributed by atoms with Crippen LogP contribution in [0.4, 0.5) is 16.2 Å². The van der Waals surface area contributed by atoms with E-state index in [0.717, 1.165) is 26.8 Å². The number of hydrogen-bond acceptors (Lipinski definition) is 1. The van der Waals surface area contributed by atoms with E-state index in [2.05, 4.69) is 31.5 Å². The molecule has 0 bridgehead atoms. The Balaban J connectivity index is 1.76. The number of amides is 2. The minimum absolute atomic E-state index is 0.271. The van der Waals surface area contributed by atoms with Gasteiger partial charge in [0.25, 0.3) is 0 Å². The first-order valence-corrected chi connectivity index (χ1v) is 6.91. The molecule has 20 heavy (non-hydrogen) atoms. The van der Waals surface area contributed by atoms with E-state index in [0.29, 0.717) is 0 Å². The van der Waals surface area contributed by atoms with Crippen LogP contribution in [0.3, 0.4) is 0 Å². The van der Waals surface area contributed by atoms with E-state index in [1.165, 1.54) is 0 Å². The third-order valence-electron chi connectivity index (χ3n) is 2.92. The van der Waals surface area contributed by atoms with Crippen LogP contribution in [0, 0.1) is 0 Å². The molecule has 0 aliphatic heterocycles. The van der Waals surface area contributed by atoms with Crippen LogP contribution in [0.5, 0.6) is 0 Å². The lowest BCUT2D eigenvalue weighted by atomic mass is 10.2. The number of urea groups is 1. The summed E-state index contributed by atoms with van der Waals surface area (Å²) in [5, 5.41) is 6.61. The second kappa shape index (κ2) is 5.38. The summed E-state index contributed by atoms with van der Waals surface area (Å²) in [6, 6.07) is 15.0. The molecule has 0 unspecified atom stereocenters. The zero-order valence-corrected chi connectivity index (χ0v) is 12.1. The summed E-state index contributed by atoms with van der Waals surface area (Å²) in [6.07, 6.45) is 1.78. The average molecular weight is 330 g/mol. The van der Waals surface area contributed by atoms with Gasteiger partial charge in [-0.2, -0.15) is 0 Å². The van der Waals surface area contributed by atoms with Gasteiger partial charge >= 0.3 is 6.03 Å². The number of carbonyl (C=O) groups is 1. The zero-order valence-electron chi connectivity index (χ0n) is 10.5. The molecule has 4 nitrogen and oxygen atoms in total. The predicted octanol–water partition coefficient (Wildman–Crippen LogP) is 4.57. The molecule has 1 heterocycles. The van der Waals surface area contributed by atoms with Gasteiger partial charge in [-0.15, -0.1) is 0 Å². The molecule has 0 saturated heterocycles. The average Bonchev–Trinajstić information content (AvgIpc) is 2.82. The van der Waals surface area contributed by atoms with Crippen molar-refractivity contribution in [1.82, 2.24) is 4.98 Å². The topological polar surface area (TPSA) is 56.9 Å². The Morgan fingerprint density at radius 2 is 1.90 bits per heavy atom. The summed E-state index contributed by atoms with van der Waals surface area (Å²) in [7, 11) is 0. The Morgan fingerprint density at radius 3 is 2.75 bits per heavy atom. The summed E-state index contributed by atoms with van der Waals surface area (Å²) >= 11 is 3.37. The first kappa shape index (κ1) is 12.7. The molecule has 5 heteroatoms. The van der Waals surface area contributed by atoms with Crippen molar-refractivity contribution in [3.63, 3.8) is 0 Å². The maximum Gasteiger partial charge on any atom is 0.323 e. The van der Waals surface area contributed by atoms with Crippen LogP contribution in [0.2, 0.25) is 0 Å². The maximum absolute atomic E-state index is 12.0. The highest BCUT2D eigenvalue weighted by atomic mass is 79.9. The minimum atomic E-state index is -0.271. The van der Waals surface area contributed by atoms with Gasteiger partial charge in [-0.1, -0.05) is 40.2 Å². The fraction of sp³-hybridized carbons (Fsp3) is 0. The molecule has 3 aromatic rings. The summed E-state index contributed by atoms with van der Waals surface area (Å²) < 4.78 is 0.919. The molecule has 3 rings (SSSR count). The van der Waals surface area contributed by atoms with Crippen molar-refractivity contribution >= 4 is 44.2 Å². The number of aromatic nitrogens is 1. The minimum Gasteiger partial charge on any atom is -0.359 e. The highest BCUT2D eigenvalue weighted by molar-refractivity contribution is 9.10. The summed E-state index contributed by atoms with van der Waals surface area (Å²) in [6.45, 7) is 0. The number of aromatic amines is 1. The molecular weight excluding hydrogens is 318 g/mol. The SMILES string of the molecule is O=C(Nc1cccc(Br)c1)Nc1c[nH]c2ccccc12. The molecule has 0 saturated carbocycles. The van der Waals surface area contributed by atoms with E-state index >= 15 is 0 Å². The van der Waals surface area contributed by atoms with Crippen LogP contribution >= 0.6 is 15.9 Å². The van der Waals surface area contributed by atoms with Gasteiger partial charge in [-0.3, -0.25) is 0 Å². The molecule has 1 aromatic heterocycles. The lowest BCUT2D eigenvalue weighted by molar-refractivity contribution is 0.262. The number of H-pyrrole nitrogens is 1. The van der Waals surface area contributed by atoms with Crippen LogP contribution in [0.25, 0.3) is 10.9 Å². The van der Waals surface area contributed by atoms with Crippen molar-refractivity contribution in [3.8, 4) is 0 Å². The lowest BCUT2D eigenvalue weighted by Crippen LogP contribution is -2.19. The summed E-state index contributed by atoms with van der Waals surface area (Å²) in [4.78, 5) is 15.1. The number of carbonyl (C=O) groups excluding carboxylic acids is 1. The largest absolute Gasteiger partial charge is 0.359 e. The number of hydrogen-bond donors (Lipinski definition) is 3. The second-order valence-electron chi connectivity index (χ2n) is 4.34. The van der Waals surface area contributed by atoms with Crippen LogP contribution in [0.15, 0.2) is 59.2 Å². The van der Waals surface area contributed by atoms with Crippen molar-refractivity contribution in [2.24, 2.45) is 0 Å². The van der Waals surface area contributed by atoms with Crippen LogP contribution in [-0.4, -0.2) is 11.0 Å². The Kier molecular flexibility index (Phi) is 3.43. The van der Waals surface area contributed by atoms with Gasteiger partial charge in [0.1, 0.15) is 0 Å². The van der Waals surface area contributed by atoms with Crippen molar-refractivity contribution in [2.75, 3.05) is 10.6 Å². The second-order valence-corrected chi connectivity index (χ2v) is 5.25. The quantitative estimate of drug-likeness (QED) is 0.633. The van der Waals surface area contributed by atoms with E-state index in [9.17, 15) is 4.79 Å². The zero-order chi connectivity index (χ0) is 13.9. The smallest absolute Gasteiger partial charge is 0.323 e. The highest BCUT2D eigenvalue weighted by Gasteiger charge is 2.07. The van der Waals surface area contributed by atoms with Crippen molar-refractivity contribution < 1.29 is 4.79 Å². The summed E-state index contributed by atoms with van der Waals surface area (Å²) in [5.74, 6) is 0. The van der Waals surface area contributed by atoms with Crippen LogP contribution in [-0.2, 0) is 0 Å². The van der Waals surface area contributed by atoms with Gasteiger partial charge in [0.05, 0.1) is 5.69 Å². The molecule has 0 fully saturated rings. The Bertz CT molecular complexity index is 766. The Morgan fingerprint density at radius 1 is 1.05 bits per heavy atom. The molecule has 2 amide bonds. The number of anilines is 2. The van der Waals surface area contributed by atoms with Gasteiger partial charge in [0, 0.05) is 27.3 Å². The molecule has 0 aliphatic rings. The first-order chi connectivity index (χ1) is 9.72. The monoisotopic (exact) mass is 329 g/mol. The molecule has 0 radical (unpaired) electrons. The first-order valence-electron chi connectivity index (χ1n) is 6.12. The van der Waals surface area contributed by atoms with Gasteiger partial charge in [-0.25, -0.2) is 4.79 Å². The number of halogens is 1. The standard InChI is InChI=1S/C15H12BrN3O/c16-10-4-3-5-11(8-10)18-15(20)19-14-9-17-13-7-2-1-6-12(13)14/h1-9,17H,(H2,18,19,20). The predicted molar refractivity (Wildman–Crippen MR) is 85.1 cm³/mol. The fourth-order valence-corrected chi connectivity index (χ4v) is 2.43. The molecule has 0 spiro atoms. The lowest BCUT2D eigenvalue weighted by Gasteiger charge is -2.07. The highest BCUT2D eigenvalue weighted by Crippen LogP contribution is 2.23. The van der Waals surface area contributed by atoms with E-state index in [1.807, 2.05) is 48.5 Å². The number of fused-ring (bicyclic) bond motifs is 1. The van der Waals surface area contributed by atoms with Crippen LogP contribution in [0.1, 0.15) is 0 Å².